The summed E-state index contributed by atoms with van der Waals surface area (Å²) in [6.07, 6.45) is 0. The largest absolute Gasteiger partial charge is 0.310 e. The minimum Gasteiger partial charge on any atom is -0.310 e. The third-order valence-electron chi connectivity index (χ3n) is 14.7. The third-order valence-corrected chi connectivity index (χ3v) is 15.8. The molecule has 76 heavy (non-hydrogen) atoms. The van der Waals surface area contributed by atoms with Gasteiger partial charge in [-0.15, -0.1) is 11.3 Å². The Labute approximate surface area is 446 Å². The van der Waals surface area contributed by atoms with Gasteiger partial charge in [-0.2, -0.15) is 0 Å². The van der Waals surface area contributed by atoms with E-state index in [0.717, 1.165) is 78.7 Å². The number of fused-ring (bicyclic) bond motifs is 6. The molecule has 14 rings (SSSR count). The van der Waals surface area contributed by atoms with Crippen LogP contribution in [0.1, 0.15) is 0 Å². The molecule has 358 valence electrons. The predicted octanol–water partition coefficient (Wildman–Crippen LogP) is 20.8. The van der Waals surface area contributed by atoms with Crippen molar-refractivity contribution in [2.24, 2.45) is 0 Å². The molecule has 2 heterocycles. The van der Waals surface area contributed by atoms with Gasteiger partial charge in [0.15, 0.2) is 0 Å². The van der Waals surface area contributed by atoms with Gasteiger partial charge in [0.05, 0.1) is 11.0 Å². The van der Waals surface area contributed by atoms with E-state index in [9.17, 15) is 0 Å². The maximum atomic E-state index is 2.48. The Kier molecular flexibility index (Phi) is 11.4. The van der Waals surface area contributed by atoms with E-state index in [-0.39, 0.29) is 0 Å². The number of rotatable bonds is 11. The van der Waals surface area contributed by atoms with Crippen molar-refractivity contribution in [3.05, 3.63) is 297 Å². The second-order valence-electron chi connectivity index (χ2n) is 19.4. The van der Waals surface area contributed by atoms with Crippen LogP contribution in [0.15, 0.2) is 297 Å². The average molecular weight is 988 g/mol. The second kappa shape index (κ2) is 19.3. The summed E-state index contributed by atoms with van der Waals surface area (Å²) in [7, 11) is 0. The van der Waals surface area contributed by atoms with Crippen LogP contribution in [-0.2, 0) is 0 Å². The first kappa shape index (κ1) is 44.9. The van der Waals surface area contributed by atoms with E-state index < -0.39 is 0 Å². The van der Waals surface area contributed by atoms with E-state index in [4.69, 9.17) is 0 Å². The third kappa shape index (κ3) is 8.28. The Balaban J connectivity index is 1.02. The summed E-state index contributed by atoms with van der Waals surface area (Å²) in [5, 5.41) is 4.99. The molecule has 0 saturated heterocycles. The maximum Gasteiger partial charge on any atom is 0.0542 e. The minimum absolute atomic E-state index is 1.03. The first-order valence-corrected chi connectivity index (χ1v) is 26.7. The van der Waals surface area contributed by atoms with Gasteiger partial charge in [0, 0.05) is 70.8 Å². The van der Waals surface area contributed by atoms with Crippen LogP contribution in [0.25, 0.3) is 92.2 Å². The molecule has 0 aliphatic heterocycles. The molecule has 0 amide bonds. The molecule has 0 bridgehead atoms. The molecule has 2 aromatic heterocycles. The van der Waals surface area contributed by atoms with Gasteiger partial charge >= 0.3 is 0 Å². The van der Waals surface area contributed by atoms with Crippen LogP contribution < -0.4 is 9.80 Å². The van der Waals surface area contributed by atoms with Crippen molar-refractivity contribution >= 4 is 87.4 Å². The van der Waals surface area contributed by atoms with Gasteiger partial charge in [-0.05, 0) is 160 Å². The number of nitrogens with zero attached hydrogens (tertiary/aromatic N) is 3. The number of benzene rings is 12. The molecular formula is C72H49N3S. The fraction of sp³-hybridized carbons (Fsp3) is 0. The molecule has 4 heteroatoms. The maximum absolute atomic E-state index is 2.48. The van der Waals surface area contributed by atoms with Crippen molar-refractivity contribution in [2.45, 2.75) is 0 Å². The molecule has 0 aliphatic rings. The van der Waals surface area contributed by atoms with Crippen LogP contribution in [0, 0.1) is 0 Å². The highest BCUT2D eigenvalue weighted by Crippen LogP contribution is 2.47. The van der Waals surface area contributed by atoms with E-state index in [1.54, 1.807) is 0 Å². The van der Waals surface area contributed by atoms with E-state index in [0.29, 0.717) is 0 Å². The normalized spacial score (nSPS) is 11.4. The van der Waals surface area contributed by atoms with Gasteiger partial charge in [0.1, 0.15) is 0 Å². The van der Waals surface area contributed by atoms with Crippen molar-refractivity contribution < 1.29 is 0 Å². The first-order valence-electron chi connectivity index (χ1n) is 25.9. The SMILES string of the molecule is c1ccc(-c2cc(-c3ccccc3)cc(N(c3cc(-c4ccc(-c5ccc6sc7ccccc7c6c5)cc4)cc(N(c4ccccc4)c4ccccc4)c3)c3ccc4c(c3)c3ccccc3n4-c3ccccc3)c2)cc1. The molecule has 0 saturated carbocycles. The number of aromatic nitrogens is 1. The lowest BCUT2D eigenvalue weighted by atomic mass is 9.96. The average Bonchev–Trinajstić information content (AvgIpc) is 4.05. The van der Waals surface area contributed by atoms with Crippen LogP contribution in [0.5, 0.6) is 0 Å². The molecule has 0 aliphatic carbocycles. The lowest BCUT2D eigenvalue weighted by Gasteiger charge is -2.31. The van der Waals surface area contributed by atoms with Crippen LogP contribution in [0.2, 0.25) is 0 Å². The zero-order chi connectivity index (χ0) is 50.4. The Bertz CT molecular complexity index is 4280. The molecule has 0 fully saturated rings. The van der Waals surface area contributed by atoms with Crippen molar-refractivity contribution in [2.75, 3.05) is 9.80 Å². The van der Waals surface area contributed by atoms with Crippen LogP contribution in [-0.4, -0.2) is 4.57 Å². The highest BCUT2D eigenvalue weighted by atomic mass is 32.1. The lowest BCUT2D eigenvalue weighted by Crippen LogP contribution is -2.14. The highest BCUT2D eigenvalue weighted by molar-refractivity contribution is 7.25. The zero-order valence-electron chi connectivity index (χ0n) is 41.5. The molecule has 0 unspecified atom stereocenters. The molecule has 0 radical (unpaired) electrons. The summed E-state index contributed by atoms with van der Waals surface area (Å²) < 4.78 is 5.02. The number of para-hydroxylation sites is 4. The molecule has 0 N–H and O–H groups in total. The smallest absolute Gasteiger partial charge is 0.0542 e. The van der Waals surface area contributed by atoms with E-state index in [2.05, 4.69) is 312 Å². The minimum atomic E-state index is 1.03. The monoisotopic (exact) mass is 987 g/mol. The van der Waals surface area contributed by atoms with Crippen LogP contribution in [0.4, 0.5) is 34.1 Å². The summed E-state index contributed by atoms with van der Waals surface area (Å²) in [5.41, 5.74) is 19.0. The summed E-state index contributed by atoms with van der Waals surface area (Å²) >= 11 is 1.86. The Morgan fingerprint density at radius 2 is 0.658 bits per heavy atom. The van der Waals surface area contributed by atoms with Gasteiger partial charge in [0.25, 0.3) is 0 Å². The zero-order valence-corrected chi connectivity index (χ0v) is 42.4. The molecule has 0 spiro atoms. The summed E-state index contributed by atoms with van der Waals surface area (Å²) in [5.74, 6) is 0. The van der Waals surface area contributed by atoms with Gasteiger partial charge < -0.3 is 14.4 Å². The fourth-order valence-corrected chi connectivity index (χ4v) is 12.2. The molecule has 3 nitrogen and oxygen atoms in total. The Morgan fingerprint density at radius 1 is 0.224 bits per heavy atom. The van der Waals surface area contributed by atoms with E-state index >= 15 is 0 Å². The molecule has 12 aromatic carbocycles. The number of hydrogen-bond donors (Lipinski definition) is 0. The van der Waals surface area contributed by atoms with E-state index in [1.807, 2.05) is 11.3 Å². The Morgan fingerprint density at radius 3 is 1.28 bits per heavy atom. The number of hydrogen-bond acceptors (Lipinski definition) is 3. The van der Waals surface area contributed by atoms with Gasteiger partial charge in [-0.3, -0.25) is 0 Å². The quantitative estimate of drug-likeness (QED) is 0.128. The van der Waals surface area contributed by atoms with Gasteiger partial charge in [0.2, 0.25) is 0 Å². The topological polar surface area (TPSA) is 11.4 Å². The van der Waals surface area contributed by atoms with Crippen molar-refractivity contribution in [3.8, 4) is 50.2 Å². The van der Waals surface area contributed by atoms with Gasteiger partial charge in [-0.1, -0.05) is 182 Å². The van der Waals surface area contributed by atoms with Crippen molar-refractivity contribution in [1.29, 1.82) is 0 Å². The standard InChI is InChI=1S/C72H49N3S/c1-6-20-50(21-7-1)55-42-56(51-22-8-2-9-23-51)44-62(43-55)74(61-39-40-70-67(49-61)65-30-16-18-32-69(65)75(70)60-28-14-5-15-29-60)64-46-57(45-63(48-64)73(58-24-10-3-11-25-58)59-26-12-4-13-27-59)53-36-34-52(35-37-53)54-38-41-72-68(47-54)66-31-17-19-33-71(66)76-72/h1-49H. The van der Waals surface area contributed by atoms with Crippen molar-refractivity contribution in [3.63, 3.8) is 0 Å². The number of anilines is 6. The molecule has 14 aromatic rings. The summed E-state index contributed by atoms with van der Waals surface area (Å²) in [6.45, 7) is 0. The second-order valence-corrected chi connectivity index (χ2v) is 20.4. The van der Waals surface area contributed by atoms with E-state index in [1.165, 1.54) is 47.6 Å². The van der Waals surface area contributed by atoms with Crippen LogP contribution in [0.3, 0.4) is 0 Å². The summed E-state index contributed by atoms with van der Waals surface area (Å²) in [6, 6.07) is 108. The predicted molar refractivity (Wildman–Crippen MR) is 325 cm³/mol. The van der Waals surface area contributed by atoms with Crippen LogP contribution >= 0.6 is 11.3 Å². The van der Waals surface area contributed by atoms with Gasteiger partial charge in [-0.25, -0.2) is 0 Å². The molecule has 0 atom stereocenters. The fourth-order valence-electron chi connectivity index (χ4n) is 11.1. The van der Waals surface area contributed by atoms with Crippen molar-refractivity contribution in [1.82, 2.24) is 4.57 Å². The lowest BCUT2D eigenvalue weighted by molar-refractivity contribution is 1.18. The summed E-state index contributed by atoms with van der Waals surface area (Å²) in [4.78, 5) is 4.86. The first-order chi connectivity index (χ1) is 37.7. The molecular weight excluding hydrogens is 939 g/mol. The number of thiophene rings is 1. The highest BCUT2D eigenvalue weighted by Gasteiger charge is 2.23. The Hall–Kier alpha value is -9.74.